The molecule has 1 aromatic carbocycles. The van der Waals surface area contributed by atoms with E-state index in [1.807, 2.05) is 19.2 Å². The Hall–Kier alpha value is -1.76. The Bertz CT molecular complexity index is 599. The number of aliphatic imine (C=N–C) groups is 1. The first-order valence-corrected chi connectivity index (χ1v) is 10.6. The molecule has 0 aliphatic heterocycles. The van der Waals surface area contributed by atoms with Crippen molar-refractivity contribution < 1.29 is 14.2 Å². The fourth-order valence-electron chi connectivity index (χ4n) is 3.48. The summed E-state index contributed by atoms with van der Waals surface area (Å²) in [4.78, 5) is 4.37. The van der Waals surface area contributed by atoms with Gasteiger partial charge in [0.1, 0.15) is 17.2 Å². The molecule has 0 radical (unpaired) electrons. The Morgan fingerprint density at radius 3 is 2.41 bits per heavy atom. The molecule has 1 fully saturated rings. The topological polar surface area (TPSA) is 64.1 Å². The monoisotopic (exact) mass is 395 g/mol. The van der Waals surface area contributed by atoms with E-state index in [0.29, 0.717) is 6.04 Å². The summed E-state index contributed by atoms with van der Waals surface area (Å²) < 4.78 is 16.3. The van der Waals surface area contributed by atoms with Crippen LogP contribution >= 0.6 is 11.8 Å². The van der Waals surface area contributed by atoms with Crippen molar-refractivity contribution in [3.63, 3.8) is 0 Å². The van der Waals surface area contributed by atoms with E-state index in [9.17, 15) is 0 Å². The molecule has 2 N–H and O–H groups in total. The van der Waals surface area contributed by atoms with Gasteiger partial charge in [-0.3, -0.25) is 4.99 Å². The number of benzene rings is 1. The Balaban J connectivity index is 1.91. The third-order valence-electron chi connectivity index (χ3n) is 4.84. The maximum atomic E-state index is 5.52. The van der Waals surface area contributed by atoms with E-state index in [1.165, 1.54) is 25.0 Å². The molecular formula is C20H33N3O3S. The van der Waals surface area contributed by atoms with E-state index in [0.717, 1.165) is 47.0 Å². The van der Waals surface area contributed by atoms with Crippen molar-refractivity contribution in [2.24, 2.45) is 4.99 Å². The number of hydrogen-bond acceptors (Lipinski definition) is 5. The Morgan fingerprint density at radius 2 is 1.85 bits per heavy atom. The van der Waals surface area contributed by atoms with Crippen molar-refractivity contribution in [1.29, 1.82) is 0 Å². The van der Waals surface area contributed by atoms with E-state index >= 15 is 0 Å². The highest BCUT2D eigenvalue weighted by molar-refractivity contribution is 7.99. The van der Waals surface area contributed by atoms with E-state index in [2.05, 4.69) is 34.3 Å². The molecule has 0 aromatic heterocycles. The van der Waals surface area contributed by atoms with Gasteiger partial charge in [-0.2, -0.15) is 11.8 Å². The zero-order valence-electron chi connectivity index (χ0n) is 17.1. The molecule has 27 heavy (non-hydrogen) atoms. The minimum atomic E-state index is 0.505. The standard InChI is InChI=1S/C20H33N3O3S/c1-6-27-16-8-7-14(11-16)23-20(21-2)22-10-9-17-18(25-4)12-15(24-3)13-19(17)26-5/h12-14,16H,6-11H2,1-5H3,(H2,21,22,23). The lowest BCUT2D eigenvalue weighted by atomic mass is 10.1. The fourth-order valence-corrected chi connectivity index (χ4v) is 4.62. The minimum absolute atomic E-state index is 0.505. The fraction of sp³-hybridized carbons (Fsp3) is 0.650. The summed E-state index contributed by atoms with van der Waals surface area (Å²) in [5.41, 5.74) is 1.02. The van der Waals surface area contributed by atoms with Crippen LogP contribution in [0.1, 0.15) is 31.7 Å². The van der Waals surface area contributed by atoms with Crippen LogP contribution < -0.4 is 24.8 Å². The summed E-state index contributed by atoms with van der Waals surface area (Å²) in [6, 6.07) is 4.27. The van der Waals surface area contributed by atoms with Gasteiger partial charge in [-0.15, -0.1) is 0 Å². The van der Waals surface area contributed by atoms with E-state index in [-0.39, 0.29) is 0 Å². The summed E-state index contributed by atoms with van der Waals surface area (Å²) >= 11 is 2.07. The number of thioether (sulfide) groups is 1. The Morgan fingerprint density at radius 1 is 1.15 bits per heavy atom. The highest BCUT2D eigenvalue weighted by atomic mass is 32.2. The van der Waals surface area contributed by atoms with E-state index in [4.69, 9.17) is 14.2 Å². The second-order valence-electron chi connectivity index (χ2n) is 6.49. The van der Waals surface area contributed by atoms with Gasteiger partial charge in [-0.1, -0.05) is 6.92 Å². The zero-order chi connectivity index (χ0) is 19.6. The second kappa shape index (κ2) is 11.2. The number of guanidine groups is 1. The van der Waals surface area contributed by atoms with Gasteiger partial charge in [0.15, 0.2) is 5.96 Å². The molecule has 2 atom stereocenters. The molecule has 1 aliphatic rings. The van der Waals surface area contributed by atoms with Crippen LogP contribution in [-0.4, -0.2) is 57.9 Å². The smallest absolute Gasteiger partial charge is 0.191 e. The summed E-state index contributed by atoms with van der Waals surface area (Å²) in [6.45, 7) is 2.96. The molecule has 152 valence electrons. The first-order valence-electron chi connectivity index (χ1n) is 9.52. The van der Waals surface area contributed by atoms with Gasteiger partial charge in [0, 0.05) is 42.6 Å². The average molecular weight is 396 g/mol. The Labute approximate surface area is 167 Å². The zero-order valence-corrected chi connectivity index (χ0v) is 17.9. The van der Waals surface area contributed by atoms with Gasteiger partial charge in [0.25, 0.3) is 0 Å². The Kier molecular flexibility index (Phi) is 8.91. The largest absolute Gasteiger partial charge is 0.496 e. The van der Waals surface area contributed by atoms with Gasteiger partial charge in [0.2, 0.25) is 0 Å². The lowest BCUT2D eigenvalue weighted by Gasteiger charge is -2.19. The van der Waals surface area contributed by atoms with Crippen molar-refractivity contribution >= 4 is 17.7 Å². The van der Waals surface area contributed by atoms with E-state index < -0.39 is 0 Å². The van der Waals surface area contributed by atoms with Crippen LogP contribution in [0.25, 0.3) is 0 Å². The molecule has 1 aliphatic carbocycles. The maximum absolute atomic E-state index is 5.52. The van der Waals surface area contributed by atoms with Crippen molar-refractivity contribution in [1.82, 2.24) is 10.6 Å². The van der Waals surface area contributed by atoms with Crippen LogP contribution in [0.3, 0.4) is 0 Å². The van der Waals surface area contributed by atoms with Crippen molar-refractivity contribution in [2.45, 2.75) is 43.9 Å². The van der Waals surface area contributed by atoms with Crippen molar-refractivity contribution in [2.75, 3.05) is 40.7 Å². The highest BCUT2D eigenvalue weighted by Crippen LogP contribution is 2.34. The first kappa shape index (κ1) is 21.5. The molecule has 6 nitrogen and oxygen atoms in total. The number of rotatable bonds is 9. The van der Waals surface area contributed by atoms with Crippen LogP contribution in [0.15, 0.2) is 17.1 Å². The molecule has 2 unspecified atom stereocenters. The molecule has 7 heteroatoms. The number of nitrogens with zero attached hydrogens (tertiary/aromatic N) is 1. The normalized spacial score (nSPS) is 19.7. The van der Waals surface area contributed by atoms with Gasteiger partial charge >= 0.3 is 0 Å². The minimum Gasteiger partial charge on any atom is -0.496 e. The highest BCUT2D eigenvalue weighted by Gasteiger charge is 2.25. The molecule has 0 amide bonds. The van der Waals surface area contributed by atoms with Gasteiger partial charge in [0.05, 0.1) is 21.3 Å². The lowest BCUT2D eigenvalue weighted by molar-refractivity contribution is 0.368. The number of hydrogen-bond donors (Lipinski definition) is 2. The molecule has 0 bridgehead atoms. The van der Waals surface area contributed by atoms with Crippen LogP contribution in [0.2, 0.25) is 0 Å². The summed E-state index contributed by atoms with van der Waals surface area (Å²) in [6.07, 6.45) is 4.46. The molecule has 0 spiro atoms. The summed E-state index contributed by atoms with van der Waals surface area (Å²) in [5, 5.41) is 7.75. The quantitative estimate of drug-likeness (QED) is 0.495. The van der Waals surface area contributed by atoms with Gasteiger partial charge in [-0.25, -0.2) is 0 Å². The molecule has 0 heterocycles. The predicted molar refractivity (Wildman–Crippen MR) is 114 cm³/mol. The molecular weight excluding hydrogens is 362 g/mol. The number of methoxy groups -OCH3 is 3. The molecule has 1 saturated carbocycles. The van der Waals surface area contributed by atoms with E-state index in [1.54, 1.807) is 21.3 Å². The lowest BCUT2D eigenvalue weighted by Crippen LogP contribution is -2.43. The average Bonchev–Trinajstić information content (AvgIpc) is 3.14. The summed E-state index contributed by atoms with van der Waals surface area (Å²) in [5.74, 6) is 4.31. The number of nitrogens with one attached hydrogen (secondary N) is 2. The van der Waals surface area contributed by atoms with Crippen molar-refractivity contribution in [3.05, 3.63) is 17.7 Å². The van der Waals surface area contributed by atoms with Crippen molar-refractivity contribution in [3.8, 4) is 17.2 Å². The SMILES string of the molecule is CCSC1CCC(NC(=NC)NCCc2c(OC)cc(OC)cc2OC)C1. The maximum Gasteiger partial charge on any atom is 0.191 e. The summed E-state index contributed by atoms with van der Waals surface area (Å²) in [7, 11) is 6.78. The van der Waals surface area contributed by atoms with Crippen LogP contribution in [0.5, 0.6) is 17.2 Å². The molecule has 1 aromatic rings. The third-order valence-corrected chi connectivity index (χ3v) is 6.07. The first-order chi connectivity index (χ1) is 13.1. The van der Waals surface area contributed by atoms with Crippen LogP contribution in [0.4, 0.5) is 0 Å². The number of ether oxygens (including phenoxy) is 3. The molecule has 0 saturated heterocycles. The molecule has 2 rings (SSSR count). The predicted octanol–water partition coefficient (Wildman–Crippen LogP) is 3.09. The van der Waals surface area contributed by atoms with Crippen LogP contribution in [-0.2, 0) is 6.42 Å². The second-order valence-corrected chi connectivity index (χ2v) is 8.07. The third kappa shape index (κ3) is 6.13. The van der Waals surface area contributed by atoms with Gasteiger partial charge < -0.3 is 24.8 Å². The van der Waals surface area contributed by atoms with Gasteiger partial charge in [-0.05, 0) is 31.4 Å². The van der Waals surface area contributed by atoms with Crippen LogP contribution in [0, 0.1) is 0 Å².